The smallest absolute Gasteiger partial charge is 0.471 e. The van der Waals surface area contributed by atoms with Crippen molar-refractivity contribution >= 4 is 17.6 Å². The molecule has 0 radical (unpaired) electrons. The minimum absolute atomic E-state index is 0.218. The third-order valence-corrected chi connectivity index (χ3v) is 3.41. The van der Waals surface area contributed by atoms with Gasteiger partial charge < -0.3 is 14.7 Å². The molecular formula is C14H14F3NO4. The van der Waals surface area contributed by atoms with Gasteiger partial charge in [0, 0.05) is 19.3 Å². The molecule has 1 N–H and O–H groups in total. The summed E-state index contributed by atoms with van der Waals surface area (Å²) in [6.45, 7) is 0.448. The number of halogens is 3. The number of nitrogens with zero attached hydrogens (tertiary/aromatic N) is 1. The molecule has 0 spiro atoms. The Morgan fingerprint density at radius 2 is 1.77 bits per heavy atom. The van der Waals surface area contributed by atoms with Crippen molar-refractivity contribution in [3.05, 3.63) is 29.8 Å². The van der Waals surface area contributed by atoms with E-state index in [4.69, 9.17) is 9.84 Å². The Labute approximate surface area is 124 Å². The Morgan fingerprint density at radius 3 is 2.32 bits per heavy atom. The molecule has 1 fully saturated rings. The zero-order valence-electron chi connectivity index (χ0n) is 11.5. The molecule has 5 nitrogen and oxygen atoms in total. The van der Waals surface area contributed by atoms with Crippen LogP contribution in [-0.4, -0.2) is 42.4 Å². The summed E-state index contributed by atoms with van der Waals surface area (Å²) in [6.07, 6.45) is -4.64. The van der Waals surface area contributed by atoms with Gasteiger partial charge in [-0.2, -0.15) is 13.2 Å². The lowest BCUT2D eigenvalue weighted by molar-refractivity contribution is -0.171. The number of anilines is 1. The summed E-state index contributed by atoms with van der Waals surface area (Å²) < 4.78 is 43.8. The molecule has 0 atom stereocenters. The molecule has 0 bridgehead atoms. The second-order valence-corrected chi connectivity index (χ2v) is 4.84. The van der Waals surface area contributed by atoms with Gasteiger partial charge in [-0.1, -0.05) is 12.1 Å². The SMILES string of the molecule is O=C(O)c1ccccc1N(C(=O)C(F)(F)F)C1CCOCC1. The quantitative estimate of drug-likeness (QED) is 0.930. The molecule has 120 valence electrons. The van der Waals surface area contributed by atoms with Crippen molar-refractivity contribution in [3.8, 4) is 0 Å². The fraction of sp³-hybridized carbons (Fsp3) is 0.429. The molecule has 0 aliphatic carbocycles. The van der Waals surface area contributed by atoms with Crippen LogP contribution in [0.3, 0.4) is 0 Å². The van der Waals surface area contributed by atoms with Crippen LogP contribution in [0.1, 0.15) is 23.2 Å². The minimum atomic E-state index is -5.08. The van der Waals surface area contributed by atoms with Crippen molar-refractivity contribution in [1.29, 1.82) is 0 Å². The van der Waals surface area contributed by atoms with Gasteiger partial charge in [-0.15, -0.1) is 0 Å². The van der Waals surface area contributed by atoms with Crippen molar-refractivity contribution in [2.45, 2.75) is 25.1 Å². The molecule has 2 rings (SSSR count). The number of benzene rings is 1. The molecule has 0 aromatic heterocycles. The number of carbonyl (C=O) groups is 2. The molecule has 8 heteroatoms. The van der Waals surface area contributed by atoms with E-state index in [2.05, 4.69) is 0 Å². The second-order valence-electron chi connectivity index (χ2n) is 4.84. The first kappa shape index (κ1) is 16.3. The number of carbonyl (C=O) groups excluding carboxylic acids is 1. The average Bonchev–Trinajstić information content (AvgIpc) is 2.48. The fourth-order valence-corrected chi connectivity index (χ4v) is 2.42. The summed E-state index contributed by atoms with van der Waals surface area (Å²) in [4.78, 5) is 23.6. The molecule has 0 unspecified atom stereocenters. The number of carboxylic acid groups (broad SMARTS) is 1. The maximum absolute atomic E-state index is 12.9. The Hall–Kier alpha value is -2.09. The number of rotatable bonds is 3. The number of hydrogen-bond acceptors (Lipinski definition) is 3. The largest absolute Gasteiger partial charge is 0.478 e. The first-order chi connectivity index (χ1) is 10.3. The van der Waals surface area contributed by atoms with Crippen molar-refractivity contribution < 1.29 is 32.6 Å². The summed E-state index contributed by atoms with van der Waals surface area (Å²) in [5, 5.41) is 9.15. The monoisotopic (exact) mass is 317 g/mol. The molecule has 1 heterocycles. The van der Waals surface area contributed by atoms with Crippen molar-refractivity contribution in [2.24, 2.45) is 0 Å². The summed E-state index contributed by atoms with van der Waals surface area (Å²) >= 11 is 0. The third-order valence-electron chi connectivity index (χ3n) is 3.41. The van der Waals surface area contributed by atoms with Crippen LogP contribution in [0.25, 0.3) is 0 Å². The molecule has 0 saturated carbocycles. The lowest BCUT2D eigenvalue weighted by atomic mass is 10.0. The van der Waals surface area contributed by atoms with Gasteiger partial charge >= 0.3 is 18.1 Å². The minimum Gasteiger partial charge on any atom is -0.478 e. The number of aromatic carboxylic acids is 1. The van der Waals surface area contributed by atoms with Gasteiger partial charge in [0.1, 0.15) is 0 Å². The van der Waals surface area contributed by atoms with Crippen molar-refractivity contribution in [2.75, 3.05) is 18.1 Å². The van der Waals surface area contributed by atoms with Gasteiger partial charge in [0.2, 0.25) is 0 Å². The molecule has 1 aliphatic rings. The van der Waals surface area contributed by atoms with Crippen molar-refractivity contribution in [3.63, 3.8) is 0 Å². The topological polar surface area (TPSA) is 66.8 Å². The van der Waals surface area contributed by atoms with E-state index in [1.54, 1.807) is 0 Å². The Morgan fingerprint density at radius 1 is 1.18 bits per heavy atom. The van der Waals surface area contributed by atoms with Gasteiger partial charge in [-0.25, -0.2) is 4.79 Å². The Balaban J connectivity index is 2.48. The van der Waals surface area contributed by atoms with Crippen LogP contribution < -0.4 is 4.90 Å². The number of hydrogen-bond donors (Lipinski definition) is 1. The number of ether oxygens (including phenoxy) is 1. The average molecular weight is 317 g/mol. The van der Waals surface area contributed by atoms with Crippen molar-refractivity contribution in [1.82, 2.24) is 0 Å². The highest BCUT2D eigenvalue weighted by Crippen LogP contribution is 2.31. The molecule has 22 heavy (non-hydrogen) atoms. The Kier molecular flexibility index (Phi) is 4.70. The molecule has 1 aliphatic heterocycles. The third kappa shape index (κ3) is 3.38. The van der Waals surface area contributed by atoms with Crippen LogP contribution in [0, 0.1) is 0 Å². The summed E-state index contributed by atoms with van der Waals surface area (Å²) in [5.74, 6) is -3.45. The van der Waals surface area contributed by atoms with E-state index in [0.717, 1.165) is 0 Å². The summed E-state index contributed by atoms with van der Waals surface area (Å²) in [7, 11) is 0. The lowest BCUT2D eigenvalue weighted by Crippen LogP contribution is -2.49. The molecule has 1 saturated heterocycles. The highest BCUT2D eigenvalue weighted by atomic mass is 19.4. The molecule has 1 aromatic carbocycles. The van der Waals surface area contributed by atoms with Crippen LogP contribution >= 0.6 is 0 Å². The normalized spacial score (nSPS) is 16.3. The fourth-order valence-electron chi connectivity index (χ4n) is 2.42. The van der Waals surface area contributed by atoms with E-state index in [1.807, 2.05) is 0 Å². The van der Waals surface area contributed by atoms with Crippen LogP contribution in [0.15, 0.2) is 24.3 Å². The second kappa shape index (κ2) is 6.35. The van der Waals surface area contributed by atoms with E-state index < -0.39 is 24.1 Å². The van der Waals surface area contributed by atoms with Gasteiger partial charge in [0.15, 0.2) is 0 Å². The van der Waals surface area contributed by atoms with E-state index in [0.29, 0.717) is 4.90 Å². The predicted molar refractivity (Wildman–Crippen MR) is 70.8 cm³/mol. The number of para-hydroxylation sites is 1. The van der Waals surface area contributed by atoms with Crippen LogP contribution in [0.4, 0.5) is 18.9 Å². The van der Waals surface area contributed by atoms with Crippen LogP contribution in [0.5, 0.6) is 0 Å². The first-order valence-corrected chi connectivity index (χ1v) is 6.63. The zero-order chi connectivity index (χ0) is 16.3. The summed E-state index contributed by atoms with van der Waals surface area (Å²) in [6, 6.07) is 4.43. The Bertz CT molecular complexity index is 567. The van der Waals surface area contributed by atoms with Gasteiger partial charge in [-0.05, 0) is 25.0 Å². The molecule has 1 aromatic rings. The van der Waals surface area contributed by atoms with Gasteiger partial charge in [-0.3, -0.25) is 4.79 Å². The van der Waals surface area contributed by atoms with E-state index in [-0.39, 0.29) is 37.3 Å². The standard InChI is InChI=1S/C14H14F3NO4/c15-14(16,17)13(21)18(9-5-7-22-8-6-9)11-4-2-1-3-10(11)12(19)20/h1-4,9H,5-8H2,(H,19,20). The van der Waals surface area contributed by atoms with Gasteiger partial charge in [0.25, 0.3) is 0 Å². The maximum Gasteiger partial charge on any atom is 0.471 e. The van der Waals surface area contributed by atoms with E-state index in [1.165, 1.54) is 24.3 Å². The number of amides is 1. The predicted octanol–water partition coefficient (Wildman–Crippen LogP) is 2.46. The van der Waals surface area contributed by atoms with Crippen LogP contribution in [-0.2, 0) is 9.53 Å². The van der Waals surface area contributed by atoms with E-state index >= 15 is 0 Å². The van der Waals surface area contributed by atoms with Gasteiger partial charge in [0.05, 0.1) is 11.3 Å². The summed E-state index contributed by atoms with van der Waals surface area (Å²) in [5.41, 5.74) is -0.587. The zero-order valence-corrected chi connectivity index (χ0v) is 11.5. The molecular weight excluding hydrogens is 303 g/mol. The van der Waals surface area contributed by atoms with Crippen LogP contribution in [0.2, 0.25) is 0 Å². The lowest BCUT2D eigenvalue weighted by Gasteiger charge is -2.35. The number of carboxylic acids is 1. The molecule has 1 amide bonds. The van der Waals surface area contributed by atoms with E-state index in [9.17, 15) is 22.8 Å². The highest BCUT2D eigenvalue weighted by Gasteiger charge is 2.46. The highest BCUT2D eigenvalue weighted by molar-refractivity contribution is 6.04. The first-order valence-electron chi connectivity index (χ1n) is 6.63. The maximum atomic E-state index is 12.9. The number of alkyl halides is 3.